The van der Waals surface area contributed by atoms with E-state index in [4.69, 9.17) is 26.8 Å². The lowest BCUT2D eigenvalue weighted by Crippen LogP contribution is -2.42. The van der Waals surface area contributed by atoms with Crippen molar-refractivity contribution in [3.63, 3.8) is 0 Å². The third-order valence-corrected chi connectivity index (χ3v) is 8.85. The minimum Gasteiger partial charge on any atom is -0.495 e. The van der Waals surface area contributed by atoms with Crippen LogP contribution in [0.4, 0.5) is 25.1 Å². The van der Waals surface area contributed by atoms with Crippen LogP contribution < -0.4 is 15.2 Å². The molecule has 0 spiro atoms. The number of fused-ring (bicyclic) bond motifs is 1. The average Bonchev–Trinajstić information content (AvgIpc) is 3.35. The molecule has 1 fully saturated rings. The van der Waals surface area contributed by atoms with Gasteiger partial charge in [0.05, 0.1) is 23.2 Å². The molecule has 0 atom stereocenters. The summed E-state index contributed by atoms with van der Waals surface area (Å²) in [4.78, 5) is 21.9. The molecule has 1 aliphatic heterocycles. The van der Waals surface area contributed by atoms with Crippen LogP contribution in [0.3, 0.4) is 0 Å². The quantitative estimate of drug-likeness (QED) is 0.260. The van der Waals surface area contributed by atoms with Gasteiger partial charge in [-0.15, -0.1) is 0 Å². The topological polar surface area (TPSA) is 142 Å². The van der Waals surface area contributed by atoms with Crippen molar-refractivity contribution in [1.82, 2.24) is 19.4 Å². The van der Waals surface area contributed by atoms with Crippen molar-refractivity contribution in [3.8, 4) is 16.9 Å². The van der Waals surface area contributed by atoms with Gasteiger partial charge in [-0.05, 0) is 45.7 Å². The van der Waals surface area contributed by atoms with Crippen LogP contribution in [0.25, 0.3) is 22.2 Å². The summed E-state index contributed by atoms with van der Waals surface area (Å²) in [6, 6.07) is 5.75. The molecule has 2 aromatic carbocycles. The Bertz CT molecular complexity index is 1850. The first-order valence-corrected chi connectivity index (χ1v) is 15.5. The number of carbonyl (C=O) groups excluding carboxylic acids is 1. The number of nitrogens with two attached hydrogens (primary N) is 1. The number of methoxy groups -OCH3 is 1. The fourth-order valence-corrected chi connectivity index (χ4v) is 6.59. The van der Waals surface area contributed by atoms with E-state index in [9.17, 15) is 17.6 Å². The van der Waals surface area contributed by atoms with Crippen LogP contribution in [0, 0.1) is 11.6 Å². The Labute approximate surface area is 258 Å². The number of nitrogens with one attached hydrogen (secondary N) is 1. The van der Waals surface area contributed by atoms with E-state index in [1.54, 1.807) is 31.9 Å². The molecule has 1 amide bonds. The zero-order valence-electron chi connectivity index (χ0n) is 24.4. The first kappa shape index (κ1) is 31.3. The predicted molar refractivity (Wildman–Crippen MR) is 162 cm³/mol. The summed E-state index contributed by atoms with van der Waals surface area (Å²) in [5.41, 5.74) is 6.03. The van der Waals surface area contributed by atoms with Crippen molar-refractivity contribution in [2.24, 2.45) is 0 Å². The molecule has 0 radical (unpaired) electrons. The van der Waals surface area contributed by atoms with Crippen LogP contribution in [0.1, 0.15) is 39.7 Å². The van der Waals surface area contributed by atoms with E-state index < -0.39 is 43.9 Å². The molecular formula is C29H31ClF2N6O5S. The van der Waals surface area contributed by atoms with Crippen LogP contribution in [-0.2, 0) is 14.8 Å². The fourth-order valence-electron chi connectivity index (χ4n) is 5.14. The molecule has 44 heavy (non-hydrogen) atoms. The molecule has 4 aromatic rings. The van der Waals surface area contributed by atoms with Gasteiger partial charge in [-0.2, -0.15) is 0 Å². The largest absolute Gasteiger partial charge is 0.495 e. The zero-order chi connectivity index (χ0) is 32.0. The van der Waals surface area contributed by atoms with Crippen molar-refractivity contribution in [2.75, 3.05) is 30.7 Å². The first-order chi connectivity index (χ1) is 20.7. The summed E-state index contributed by atoms with van der Waals surface area (Å²) in [5.74, 6) is -1.99. The number of likely N-dealkylation sites (tertiary alicyclic amines) is 1. The van der Waals surface area contributed by atoms with Gasteiger partial charge in [0, 0.05) is 42.5 Å². The van der Waals surface area contributed by atoms with Gasteiger partial charge in [-0.3, -0.25) is 4.72 Å². The maximum absolute atomic E-state index is 16.1. The Kier molecular flexibility index (Phi) is 8.33. The van der Waals surface area contributed by atoms with Crippen molar-refractivity contribution >= 4 is 50.3 Å². The molecule has 1 aliphatic rings. The Morgan fingerprint density at radius 2 is 1.84 bits per heavy atom. The van der Waals surface area contributed by atoms with Crippen LogP contribution in [0.2, 0.25) is 5.02 Å². The number of nitrogens with zero attached hydrogens (tertiary/aromatic N) is 4. The molecule has 15 heteroatoms. The van der Waals surface area contributed by atoms with Crippen LogP contribution in [-0.4, -0.2) is 59.7 Å². The second-order valence-electron chi connectivity index (χ2n) is 11.3. The van der Waals surface area contributed by atoms with E-state index in [1.165, 1.54) is 31.6 Å². The molecule has 2 aromatic heterocycles. The zero-order valence-corrected chi connectivity index (χ0v) is 26.0. The molecule has 1 saturated heterocycles. The molecule has 11 nitrogen and oxygen atoms in total. The second-order valence-corrected chi connectivity index (χ2v) is 13.4. The number of piperidine rings is 1. The summed E-state index contributed by atoms with van der Waals surface area (Å²) in [6.07, 6.45) is 3.76. The summed E-state index contributed by atoms with van der Waals surface area (Å²) >= 11 is 6.02. The number of hydrogen-bond donors (Lipinski definition) is 2. The van der Waals surface area contributed by atoms with Gasteiger partial charge in [0.1, 0.15) is 39.9 Å². The molecule has 0 aliphatic carbocycles. The van der Waals surface area contributed by atoms with E-state index in [1.807, 2.05) is 4.57 Å². The van der Waals surface area contributed by atoms with Gasteiger partial charge in [0.25, 0.3) is 10.0 Å². The Morgan fingerprint density at radius 3 is 2.50 bits per heavy atom. The van der Waals surface area contributed by atoms with Gasteiger partial charge in [0.2, 0.25) is 0 Å². The fraction of sp³-hybridized carbons (Fsp3) is 0.345. The smallest absolute Gasteiger partial charge is 0.410 e. The lowest BCUT2D eigenvalue weighted by atomic mass is 10.0. The molecule has 0 unspecified atom stereocenters. The molecule has 234 valence electrons. The molecule has 5 rings (SSSR count). The van der Waals surface area contributed by atoms with E-state index in [-0.39, 0.29) is 28.2 Å². The number of carbonyl (C=O) groups is 1. The van der Waals surface area contributed by atoms with Crippen molar-refractivity contribution in [1.29, 1.82) is 0 Å². The summed E-state index contributed by atoms with van der Waals surface area (Å²) in [6.45, 7) is 6.29. The number of sulfonamides is 1. The highest BCUT2D eigenvalue weighted by Crippen LogP contribution is 2.39. The Hall–Kier alpha value is -4.17. The van der Waals surface area contributed by atoms with Crippen LogP contribution in [0.15, 0.2) is 47.8 Å². The summed E-state index contributed by atoms with van der Waals surface area (Å²) in [7, 11) is -3.34. The van der Waals surface area contributed by atoms with E-state index >= 15 is 4.39 Å². The summed E-state index contributed by atoms with van der Waals surface area (Å²) in [5, 5.41) is 0.248. The number of hydrogen-bond acceptors (Lipinski definition) is 8. The van der Waals surface area contributed by atoms with Gasteiger partial charge in [-0.1, -0.05) is 23.7 Å². The number of anilines is 2. The van der Waals surface area contributed by atoms with Crippen LogP contribution >= 0.6 is 11.6 Å². The van der Waals surface area contributed by atoms with Crippen molar-refractivity contribution < 1.29 is 31.5 Å². The van der Waals surface area contributed by atoms with Crippen molar-refractivity contribution in [3.05, 3.63) is 59.5 Å². The molecule has 0 saturated carbocycles. The maximum atomic E-state index is 16.1. The summed E-state index contributed by atoms with van der Waals surface area (Å²) < 4.78 is 71.4. The lowest BCUT2D eigenvalue weighted by Gasteiger charge is -2.34. The van der Waals surface area contributed by atoms with Crippen molar-refractivity contribution in [2.45, 2.75) is 50.2 Å². The highest BCUT2D eigenvalue weighted by molar-refractivity contribution is 7.92. The number of ether oxygens (including phenoxy) is 2. The number of amides is 1. The molecular weight excluding hydrogens is 618 g/mol. The number of halogens is 3. The predicted octanol–water partition coefficient (Wildman–Crippen LogP) is 5.99. The number of benzene rings is 2. The minimum atomic E-state index is -4.60. The van der Waals surface area contributed by atoms with Gasteiger partial charge in [-0.25, -0.2) is 32.0 Å². The molecule has 0 bridgehead atoms. The normalized spacial score (nSPS) is 14.6. The second kappa shape index (κ2) is 11.7. The highest BCUT2D eigenvalue weighted by atomic mass is 35.5. The number of nitrogen functional groups attached to an aromatic ring is 1. The number of rotatable bonds is 6. The van der Waals surface area contributed by atoms with Gasteiger partial charge >= 0.3 is 6.09 Å². The van der Waals surface area contributed by atoms with E-state index in [0.717, 1.165) is 12.1 Å². The highest BCUT2D eigenvalue weighted by Gasteiger charge is 2.30. The van der Waals surface area contributed by atoms with Gasteiger partial charge < -0.3 is 24.7 Å². The monoisotopic (exact) mass is 648 g/mol. The Balaban J connectivity index is 1.48. The SMILES string of the molecule is COc1cc(F)c(S(=O)(=O)Nc2cccc(-c3cn(C4CCN(C(=O)OC(C)(C)C)CC4)c4ncnc(N)c34)c2F)cc1Cl. The standard InChI is InChI=1S/C29H31ClF2N6O5S/c1-29(2,3)43-28(39)37-10-8-16(9-11-37)38-14-18(24-26(33)34-15-35-27(24)38)17-6-5-7-21(25(17)32)36-44(40,41)23-12-19(30)22(42-4)13-20(23)31/h5-7,12-16,36H,8-11H2,1-4H3,(H2,33,34,35). The minimum absolute atomic E-state index is 0.0230. The first-order valence-electron chi connectivity index (χ1n) is 13.6. The lowest BCUT2D eigenvalue weighted by molar-refractivity contribution is 0.0189. The van der Waals surface area contributed by atoms with Gasteiger partial charge in [0.15, 0.2) is 5.82 Å². The van der Waals surface area contributed by atoms with Crippen LogP contribution in [0.5, 0.6) is 5.75 Å². The average molecular weight is 649 g/mol. The third-order valence-electron chi connectivity index (χ3n) is 7.18. The van der Waals surface area contributed by atoms with E-state index in [2.05, 4.69) is 14.7 Å². The maximum Gasteiger partial charge on any atom is 0.410 e. The molecule has 3 N–H and O–H groups in total. The number of aromatic nitrogens is 3. The molecule has 3 heterocycles. The van der Waals surface area contributed by atoms with E-state index in [0.29, 0.717) is 42.5 Å². The third kappa shape index (κ3) is 6.09. The Morgan fingerprint density at radius 1 is 1.14 bits per heavy atom.